The summed E-state index contributed by atoms with van der Waals surface area (Å²) in [6.07, 6.45) is 2.93. The van der Waals surface area contributed by atoms with E-state index < -0.39 is 0 Å². The van der Waals surface area contributed by atoms with Gasteiger partial charge in [0.1, 0.15) is 0 Å². The van der Waals surface area contributed by atoms with Crippen molar-refractivity contribution in [3.05, 3.63) is 60.2 Å². The summed E-state index contributed by atoms with van der Waals surface area (Å²) in [5.41, 5.74) is 4.15. The Morgan fingerprint density at radius 1 is 1.00 bits per heavy atom. The van der Waals surface area contributed by atoms with E-state index in [9.17, 15) is 0 Å². The molecule has 0 unspecified atom stereocenters. The molecule has 2 aromatic carbocycles. The molecule has 1 heterocycles. The van der Waals surface area contributed by atoms with Crippen molar-refractivity contribution < 1.29 is 0 Å². The fourth-order valence-corrected chi connectivity index (χ4v) is 3.36. The number of likely N-dealkylation sites (tertiary alicyclic amines) is 1. The van der Waals surface area contributed by atoms with E-state index >= 15 is 0 Å². The zero-order valence-corrected chi connectivity index (χ0v) is 13.8. The second-order valence-electron chi connectivity index (χ2n) is 6.99. The molecule has 0 radical (unpaired) electrons. The van der Waals surface area contributed by atoms with Crippen LogP contribution >= 0.6 is 0 Å². The highest BCUT2D eigenvalue weighted by Gasteiger charge is 2.29. The highest BCUT2D eigenvalue weighted by molar-refractivity contribution is 5.63. The van der Waals surface area contributed by atoms with Crippen molar-refractivity contribution in [3.8, 4) is 17.2 Å². The van der Waals surface area contributed by atoms with Crippen molar-refractivity contribution in [2.75, 3.05) is 13.1 Å². The van der Waals surface area contributed by atoms with E-state index in [1.54, 1.807) is 0 Å². The van der Waals surface area contributed by atoms with Crippen molar-refractivity contribution in [3.63, 3.8) is 0 Å². The van der Waals surface area contributed by atoms with Gasteiger partial charge in [-0.05, 0) is 54.1 Å². The first-order valence-corrected chi connectivity index (χ1v) is 8.42. The van der Waals surface area contributed by atoms with Gasteiger partial charge in [0.2, 0.25) is 0 Å². The molecule has 3 rings (SSSR count). The van der Waals surface area contributed by atoms with Crippen LogP contribution in [0.2, 0.25) is 0 Å². The summed E-state index contributed by atoms with van der Waals surface area (Å²) in [5, 5.41) is 8.96. The van der Waals surface area contributed by atoms with Crippen LogP contribution in [-0.4, -0.2) is 18.0 Å². The minimum atomic E-state index is 0.219. The van der Waals surface area contributed by atoms with Crippen LogP contribution in [0.25, 0.3) is 11.1 Å². The highest BCUT2D eigenvalue weighted by atomic mass is 15.1. The van der Waals surface area contributed by atoms with Crippen molar-refractivity contribution in [2.45, 2.75) is 32.7 Å². The second-order valence-corrected chi connectivity index (χ2v) is 6.99. The topological polar surface area (TPSA) is 27.0 Å². The molecular weight excluding hydrogens is 280 g/mol. The SMILES string of the molecule is CC1(CC#N)CCN(Cc2cccc(-c3ccccc3)c2)CC1. The maximum Gasteiger partial charge on any atom is 0.0627 e. The quantitative estimate of drug-likeness (QED) is 0.805. The van der Waals surface area contributed by atoms with Crippen LogP contribution in [0.15, 0.2) is 54.6 Å². The number of piperidine rings is 1. The molecule has 0 atom stereocenters. The molecule has 2 nitrogen and oxygen atoms in total. The summed E-state index contributed by atoms with van der Waals surface area (Å²) in [7, 11) is 0. The number of nitrogens with zero attached hydrogens (tertiary/aromatic N) is 2. The zero-order chi connectivity index (χ0) is 16.1. The van der Waals surface area contributed by atoms with Crippen LogP contribution in [0.1, 0.15) is 31.7 Å². The van der Waals surface area contributed by atoms with Gasteiger partial charge in [-0.2, -0.15) is 5.26 Å². The van der Waals surface area contributed by atoms with E-state index in [1.165, 1.54) is 16.7 Å². The lowest BCUT2D eigenvalue weighted by Gasteiger charge is -2.38. The standard InChI is InChI=1S/C21H24N2/c1-21(10-13-22)11-14-23(15-12-21)17-18-6-5-9-20(16-18)19-7-3-2-4-8-19/h2-9,16H,10-12,14-15,17H2,1H3. The number of hydrogen-bond donors (Lipinski definition) is 0. The molecule has 0 spiro atoms. The van der Waals surface area contributed by atoms with Gasteiger partial charge in [0.15, 0.2) is 0 Å². The Labute approximate surface area is 139 Å². The molecule has 2 heteroatoms. The monoisotopic (exact) mass is 304 g/mol. The van der Waals surface area contributed by atoms with Crippen molar-refractivity contribution in [1.29, 1.82) is 5.26 Å². The molecule has 118 valence electrons. The van der Waals surface area contributed by atoms with Crippen LogP contribution in [0.4, 0.5) is 0 Å². The summed E-state index contributed by atoms with van der Waals surface area (Å²) in [4.78, 5) is 2.52. The van der Waals surface area contributed by atoms with Gasteiger partial charge in [0.05, 0.1) is 6.07 Å². The largest absolute Gasteiger partial charge is 0.299 e. The third-order valence-corrected chi connectivity index (χ3v) is 5.01. The summed E-state index contributed by atoms with van der Waals surface area (Å²) < 4.78 is 0. The van der Waals surface area contributed by atoms with Crippen LogP contribution in [-0.2, 0) is 6.54 Å². The lowest BCUT2D eigenvalue weighted by molar-refractivity contribution is 0.116. The number of rotatable bonds is 4. The third kappa shape index (κ3) is 4.00. The van der Waals surface area contributed by atoms with E-state index in [-0.39, 0.29) is 5.41 Å². The van der Waals surface area contributed by atoms with Crippen LogP contribution in [0.3, 0.4) is 0 Å². The Morgan fingerprint density at radius 3 is 2.39 bits per heavy atom. The maximum absolute atomic E-state index is 8.96. The van der Waals surface area contributed by atoms with Crippen molar-refractivity contribution in [2.24, 2.45) is 5.41 Å². The first-order valence-electron chi connectivity index (χ1n) is 8.42. The van der Waals surface area contributed by atoms with E-state index in [0.29, 0.717) is 6.42 Å². The highest BCUT2D eigenvalue weighted by Crippen LogP contribution is 2.34. The smallest absolute Gasteiger partial charge is 0.0627 e. The molecular formula is C21H24N2. The Balaban J connectivity index is 1.65. The molecule has 1 aliphatic heterocycles. The van der Waals surface area contributed by atoms with Crippen LogP contribution < -0.4 is 0 Å². The van der Waals surface area contributed by atoms with E-state index in [2.05, 4.69) is 72.5 Å². The Hall–Kier alpha value is -2.11. The summed E-state index contributed by atoms with van der Waals surface area (Å²) >= 11 is 0. The molecule has 0 bridgehead atoms. The molecule has 0 amide bonds. The fraction of sp³-hybridized carbons (Fsp3) is 0.381. The zero-order valence-electron chi connectivity index (χ0n) is 13.8. The predicted molar refractivity (Wildman–Crippen MR) is 94.7 cm³/mol. The van der Waals surface area contributed by atoms with Gasteiger partial charge < -0.3 is 0 Å². The Morgan fingerprint density at radius 2 is 1.70 bits per heavy atom. The number of benzene rings is 2. The molecule has 2 aromatic rings. The molecule has 0 aliphatic carbocycles. The van der Waals surface area contributed by atoms with Gasteiger partial charge in [-0.3, -0.25) is 4.90 Å². The lowest BCUT2D eigenvalue weighted by Crippen LogP contribution is -2.38. The molecule has 0 aromatic heterocycles. The molecule has 1 fully saturated rings. The normalized spacial score (nSPS) is 17.6. The summed E-state index contributed by atoms with van der Waals surface area (Å²) in [5.74, 6) is 0. The second kappa shape index (κ2) is 6.98. The Bertz CT molecular complexity index is 676. The average molecular weight is 304 g/mol. The molecule has 0 N–H and O–H groups in total. The van der Waals surface area contributed by atoms with E-state index in [4.69, 9.17) is 5.26 Å². The average Bonchev–Trinajstić information content (AvgIpc) is 2.58. The van der Waals surface area contributed by atoms with Crippen LogP contribution in [0, 0.1) is 16.7 Å². The summed E-state index contributed by atoms with van der Waals surface area (Å²) in [6, 6.07) is 21.8. The first kappa shape index (κ1) is 15.8. The minimum Gasteiger partial charge on any atom is -0.299 e. The van der Waals surface area contributed by atoms with Crippen LogP contribution in [0.5, 0.6) is 0 Å². The molecule has 0 saturated carbocycles. The minimum absolute atomic E-state index is 0.219. The lowest BCUT2D eigenvalue weighted by atomic mass is 9.78. The van der Waals surface area contributed by atoms with Gasteiger partial charge in [0.25, 0.3) is 0 Å². The van der Waals surface area contributed by atoms with Gasteiger partial charge in [-0.25, -0.2) is 0 Å². The Kier molecular flexibility index (Phi) is 4.79. The number of hydrogen-bond acceptors (Lipinski definition) is 2. The number of nitriles is 1. The maximum atomic E-state index is 8.96. The molecule has 1 aliphatic rings. The van der Waals surface area contributed by atoms with Crippen molar-refractivity contribution >= 4 is 0 Å². The first-order chi connectivity index (χ1) is 11.2. The molecule has 1 saturated heterocycles. The van der Waals surface area contributed by atoms with E-state index in [0.717, 1.165) is 32.5 Å². The van der Waals surface area contributed by atoms with Crippen molar-refractivity contribution in [1.82, 2.24) is 4.90 Å². The van der Waals surface area contributed by atoms with Gasteiger partial charge in [-0.1, -0.05) is 55.5 Å². The van der Waals surface area contributed by atoms with Gasteiger partial charge in [0, 0.05) is 13.0 Å². The predicted octanol–water partition coefficient (Wildman–Crippen LogP) is 4.87. The molecule has 23 heavy (non-hydrogen) atoms. The summed E-state index contributed by atoms with van der Waals surface area (Å²) in [6.45, 7) is 5.44. The van der Waals surface area contributed by atoms with E-state index in [1.807, 2.05) is 0 Å². The van der Waals surface area contributed by atoms with Gasteiger partial charge >= 0.3 is 0 Å². The fourth-order valence-electron chi connectivity index (χ4n) is 3.36. The van der Waals surface area contributed by atoms with Gasteiger partial charge in [-0.15, -0.1) is 0 Å². The third-order valence-electron chi connectivity index (χ3n) is 5.01.